The Labute approximate surface area is 154 Å². The fourth-order valence-corrected chi connectivity index (χ4v) is 2.57. The highest BCUT2D eigenvalue weighted by Gasteiger charge is 2.23. The first-order valence-corrected chi connectivity index (χ1v) is 9.42. The van der Waals surface area contributed by atoms with Crippen LogP contribution < -0.4 is 0 Å². The molecule has 3 rings (SSSR count). The molecule has 0 amide bonds. The Balaban J connectivity index is 0.000000465. The van der Waals surface area contributed by atoms with Gasteiger partial charge in [-0.05, 0) is 23.8 Å². The minimum absolute atomic E-state index is 0.109. The van der Waals surface area contributed by atoms with E-state index >= 15 is 0 Å². The summed E-state index contributed by atoms with van der Waals surface area (Å²) in [6.07, 6.45) is 6.47. The first-order valence-electron chi connectivity index (χ1n) is 7.86. The summed E-state index contributed by atoms with van der Waals surface area (Å²) in [4.78, 5) is 33.8. The number of hydrogen-bond donors (Lipinski definition) is 3. The number of aromatic nitrogens is 5. The average molecular weight is 395 g/mol. The molecule has 3 N–H and O–H groups in total. The minimum atomic E-state index is -4.64. The van der Waals surface area contributed by atoms with Crippen LogP contribution in [0, 0.1) is 5.82 Å². The van der Waals surface area contributed by atoms with Crippen LogP contribution in [-0.2, 0) is 11.1 Å². The van der Waals surface area contributed by atoms with E-state index < -0.39 is 7.82 Å². The molecule has 0 aliphatic heterocycles. The van der Waals surface area contributed by atoms with Crippen molar-refractivity contribution in [1.29, 1.82) is 0 Å². The Morgan fingerprint density at radius 3 is 2.30 bits per heavy atom. The average Bonchev–Trinajstić information content (AvgIpc) is 3.13. The zero-order valence-corrected chi connectivity index (χ0v) is 15.3. The normalized spacial score (nSPS) is 13.4. The van der Waals surface area contributed by atoms with Crippen LogP contribution in [0.3, 0.4) is 0 Å². The highest BCUT2D eigenvalue weighted by molar-refractivity contribution is 7.45. The Bertz CT molecular complexity index is 850. The van der Waals surface area contributed by atoms with Crippen molar-refractivity contribution < 1.29 is 23.6 Å². The van der Waals surface area contributed by atoms with E-state index in [2.05, 4.69) is 27.0 Å². The predicted octanol–water partition coefficient (Wildman–Crippen LogP) is 1.87. The van der Waals surface area contributed by atoms with E-state index in [0.29, 0.717) is 6.54 Å². The number of phosphoric acid groups is 1. The molecule has 9 nitrogen and oxygen atoms in total. The Morgan fingerprint density at radius 1 is 1.11 bits per heavy atom. The SMILES string of the molecule is C[C@@H](c1ccncn1)[C@H](Cn1cncn1)c1ccc(F)cc1.O=P(O)(O)O. The van der Waals surface area contributed by atoms with Crippen LogP contribution in [0.1, 0.15) is 30.0 Å². The first-order chi connectivity index (χ1) is 12.7. The maximum absolute atomic E-state index is 13.2. The predicted molar refractivity (Wildman–Crippen MR) is 93.9 cm³/mol. The third-order valence-electron chi connectivity index (χ3n) is 3.82. The molecule has 0 aliphatic rings. The van der Waals surface area contributed by atoms with Crippen molar-refractivity contribution >= 4 is 7.82 Å². The molecular weight excluding hydrogens is 376 g/mol. The second-order valence-electron chi connectivity index (χ2n) is 5.71. The topological polar surface area (TPSA) is 134 Å². The van der Waals surface area contributed by atoms with Gasteiger partial charge >= 0.3 is 7.82 Å². The van der Waals surface area contributed by atoms with E-state index in [4.69, 9.17) is 19.2 Å². The van der Waals surface area contributed by atoms with Crippen LogP contribution in [0.2, 0.25) is 0 Å². The maximum Gasteiger partial charge on any atom is 0.466 e. The Hall–Kier alpha value is -2.52. The van der Waals surface area contributed by atoms with Gasteiger partial charge in [0.05, 0.1) is 6.54 Å². The number of halogens is 1. The third kappa shape index (κ3) is 7.32. The summed E-state index contributed by atoms with van der Waals surface area (Å²) in [5, 5.41) is 4.17. The summed E-state index contributed by atoms with van der Waals surface area (Å²) in [7, 11) is -4.64. The molecule has 11 heteroatoms. The smallest absolute Gasteiger partial charge is 0.303 e. The number of rotatable bonds is 5. The second kappa shape index (κ2) is 9.43. The van der Waals surface area contributed by atoms with Crippen molar-refractivity contribution in [3.63, 3.8) is 0 Å². The summed E-state index contributed by atoms with van der Waals surface area (Å²) in [6, 6.07) is 8.50. The van der Waals surface area contributed by atoms with Crippen LogP contribution in [0.5, 0.6) is 0 Å². The zero-order chi connectivity index (χ0) is 19.9. The molecule has 1 aromatic carbocycles. The van der Waals surface area contributed by atoms with Gasteiger partial charge in [0.1, 0.15) is 24.8 Å². The second-order valence-corrected chi connectivity index (χ2v) is 6.74. The van der Waals surface area contributed by atoms with E-state index in [1.165, 1.54) is 18.5 Å². The number of nitrogens with zero attached hydrogens (tertiary/aromatic N) is 5. The molecule has 2 heterocycles. The molecule has 144 valence electrons. The third-order valence-corrected chi connectivity index (χ3v) is 3.82. The standard InChI is InChI=1S/C16H16FN5.H3O4P/c1-12(16-6-7-18-9-20-16)15(8-22-11-19-10-21-22)13-2-4-14(17)5-3-13;1-5(2,3)4/h2-7,9-12,15H,8H2,1H3;(H3,1,2,3,4)/t12-,15+;/m1./s1. The van der Waals surface area contributed by atoms with Crippen LogP contribution in [0.4, 0.5) is 4.39 Å². The van der Waals surface area contributed by atoms with Crippen molar-refractivity contribution in [2.45, 2.75) is 25.3 Å². The van der Waals surface area contributed by atoms with Gasteiger partial charge in [-0.1, -0.05) is 19.1 Å². The molecule has 0 unspecified atom stereocenters. The van der Waals surface area contributed by atoms with E-state index in [-0.39, 0.29) is 17.7 Å². The molecule has 0 aliphatic carbocycles. The number of hydrogen-bond acceptors (Lipinski definition) is 5. The van der Waals surface area contributed by atoms with E-state index in [9.17, 15) is 4.39 Å². The largest absolute Gasteiger partial charge is 0.466 e. The molecule has 0 radical (unpaired) electrons. The van der Waals surface area contributed by atoms with Crippen LogP contribution >= 0.6 is 7.82 Å². The molecular formula is C16H19FN5O4P. The molecule has 0 spiro atoms. The summed E-state index contributed by atoms with van der Waals surface area (Å²) in [5.74, 6) is 0.00723. The Kier molecular flexibility index (Phi) is 7.26. The van der Waals surface area contributed by atoms with Gasteiger partial charge in [-0.25, -0.2) is 23.9 Å². The van der Waals surface area contributed by atoms with Crippen molar-refractivity contribution in [3.8, 4) is 0 Å². The van der Waals surface area contributed by atoms with Gasteiger partial charge in [-0.3, -0.25) is 4.68 Å². The van der Waals surface area contributed by atoms with Gasteiger partial charge in [-0.2, -0.15) is 5.10 Å². The highest BCUT2D eigenvalue weighted by atomic mass is 31.2. The first kappa shape index (κ1) is 20.8. The molecule has 2 aromatic heterocycles. The molecule has 0 saturated carbocycles. The molecule has 27 heavy (non-hydrogen) atoms. The van der Waals surface area contributed by atoms with Gasteiger partial charge in [0, 0.05) is 23.7 Å². The Morgan fingerprint density at radius 2 is 1.78 bits per heavy atom. The van der Waals surface area contributed by atoms with E-state index in [1.807, 2.05) is 18.2 Å². The monoisotopic (exact) mass is 395 g/mol. The van der Waals surface area contributed by atoms with Gasteiger partial charge in [0.2, 0.25) is 0 Å². The highest BCUT2D eigenvalue weighted by Crippen LogP contribution is 2.33. The lowest BCUT2D eigenvalue weighted by atomic mass is 9.85. The summed E-state index contributed by atoms with van der Waals surface area (Å²) < 4.78 is 23.9. The fraction of sp³-hybridized carbons (Fsp3) is 0.250. The van der Waals surface area contributed by atoms with E-state index in [1.54, 1.807) is 23.5 Å². The summed E-state index contributed by atoms with van der Waals surface area (Å²) in [5.41, 5.74) is 1.99. The quantitative estimate of drug-likeness (QED) is 0.558. The molecule has 0 fully saturated rings. The van der Waals surface area contributed by atoms with Crippen LogP contribution in [0.15, 0.2) is 55.5 Å². The van der Waals surface area contributed by atoms with Crippen molar-refractivity contribution in [2.75, 3.05) is 0 Å². The number of benzene rings is 1. The van der Waals surface area contributed by atoms with Gasteiger partial charge in [0.25, 0.3) is 0 Å². The molecule has 2 atom stereocenters. The van der Waals surface area contributed by atoms with Crippen molar-refractivity contribution in [1.82, 2.24) is 24.7 Å². The van der Waals surface area contributed by atoms with Gasteiger partial charge < -0.3 is 14.7 Å². The minimum Gasteiger partial charge on any atom is -0.303 e. The molecule has 3 aromatic rings. The van der Waals surface area contributed by atoms with Crippen molar-refractivity contribution in [3.05, 3.63) is 72.6 Å². The van der Waals surface area contributed by atoms with Crippen molar-refractivity contribution in [2.24, 2.45) is 0 Å². The lowest BCUT2D eigenvalue weighted by Gasteiger charge is -2.24. The van der Waals surface area contributed by atoms with Gasteiger partial charge in [0.15, 0.2) is 0 Å². The summed E-state index contributed by atoms with van der Waals surface area (Å²) >= 11 is 0. The maximum atomic E-state index is 13.2. The lowest BCUT2D eigenvalue weighted by Crippen LogP contribution is -2.17. The molecule has 0 saturated heterocycles. The van der Waals surface area contributed by atoms with Crippen LogP contribution in [0.25, 0.3) is 0 Å². The fourth-order valence-electron chi connectivity index (χ4n) is 2.57. The van der Waals surface area contributed by atoms with Crippen LogP contribution in [-0.4, -0.2) is 39.4 Å². The van der Waals surface area contributed by atoms with E-state index in [0.717, 1.165) is 11.3 Å². The summed E-state index contributed by atoms with van der Waals surface area (Å²) in [6.45, 7) is 2.75. The lowest BCUT2D eigenvalue weighted by molar-refractivity contribution is 0.275. The van der Waals surface area contributed by atoms with Gasteiger partial charge in [-0.15, -0.1) is 0 Å². The zero-order valence-electron chi connectivity index (χ0n) is 14.4. The molecule has 0 bridgehead atoms.